The molecule has 0 spiro atoms. The maximum absolute atomic E-state index is 5.06. The van der Waals surface area contributed by atoms with Crippen LogP contribution in [-0.4, -0.2) is 29.8 Å². The first kappa shape index (κ1) is 10.9. The zero-order chi connectivity index (χ0) is 6.10. The molecule has 0 saturated carbocycles. The minimum Gasteiger partial charge on any atom is -1.00 e. The van der Waals surface area contributed by atoms with Crippen molar-refractivity contribution in [1.82, 2.24) is 0 Å². The first-order valence-electron chi connectivity index (χ1n) is 2.72. The van der Waals surface area contributed by atoms with Crippen LogP contribution >= 0.6 is 0 Å². The summed E-state index contributed by atoms with van der Waals surface area (Å²) in [6.45, 7) is 0.340. The van der Waals surface area contributed by atoms with Gasteiger partial charge >= 0.3 is 23.1 Å². The molecule has 0 amide bonds. The molecule has 11 heavy (non-hydrogen) atoms. The van der Waals surface area contributed by atoms with E-state index in [4.69, 9.17) is 9.47 Å². The van der Waals surface area contributed by atoms with Crippen molar-refractivity contribution in [2.75, 3.05) is 6.79 Å². The zero-order valence-corrected chi connectivity index (χ0v) is 8.01. The van der Waals surface area contributed by atoms with Crippen LogP contribution in [0.3, 0.4) is 0 Å². The fourth-order valence-electron chi connectivity index (χ4n) is 0.789. The van der Waals surface area contributed by atoms with Gasteiger partial charge in [0.2, 0.25) is 6.79 Å². The fourth-order valence-corrected chi connectivity index (χ4v) is 0.789. The van der Waals surface area contributed by atoms with E-state index >= 15 is 0 Å². The third kappa shape index (κ3) is 2.15. The number of rotatable bonds is 0. The Balaban J connectivity index is 0.000000500. The van der Waals surface area contributed by atoms with Crippen LogP contribution in [0.5, 0.6) is 11.5 Å². The molecule has 1 aromatic carbocycles. The van der Waals surface area contributed by atoms with Gasteiger partial charge in [0.15, 0.2) is 0 Å². The quantitative estimate of drug-likeness (QED) is 0.335. The molecule has 0 atom stereocenters. The molecular formula is C7H5ClMgO2. The van der Waals surface area contributed by atoms with E-state index < -0.39 is 0 Å². The molecular weight excluding hydrogens is 176 g/mol. The van der Waals surface area contributed by atoms with Crippen LogP contribution in [0.4, 0.5) is 0 Å². The Morgan fingerprint density at radius 2 is 2.00 bits per heavy atom. The summed E-state index contributed by atoms with van der Waals surface area (Å²) < 4.78 is 10.1. The van der Waals surface area contributed by atoms with Gasteiger partial charge < -0.3 is 21.9 Å². The molecule has 1 aliphatic rings. The first-order chi connectivity index (χ1) is 4.47. The Morgan fingerprint density at radius 1 is 1.27 bits per heavy atom. The van der Waals surface area contributed by atoms with E-state index in [1.54, 1.807) is 12.1 Å². The molecule has 2 nitrogen and oxygen atoms in total. The molecule has 0 aromatic heterocycles. The molecule has 0 saturated heterocycles. The number of ether oxygens (including phenoxy) is 2. The maximum Gasteiger partial charge on any atom is 2.00 e. The van der Waals surface area contributed by atoms with Gasteiger partial charge in [-0.3, -0.25) is 0 Å². The molecule has 4 heteroatoms. The van der Waals surface area contributed by atoms with Crippen LogP contribution in [-0.2, 0) is 0 Å². The standard InChI is InChI=1S/C7H5O2.ClH.Mg/c1-2-4-7-6(3-1)8-5-9-7;;/h1,3-4H,5H2;1H;/q-1;;+2/p-1. The van der Waals surface area contributed by atoms with Gasteiger partial charge in [0.1, 0.15) is 0 Å². The maximum atomic E-state index is 5.06. The molecule has 0 fully saturated rings. The van der Waals surface area contributed by atoms with Gasteiger partial charge in [0.25, 0.3) is 0 Å². The summed E-state index contributed by atoms with van der Waals surface area (Å²) in [5.41, 5.74) is 0. The van der Waals surface area contributed by atoms with Crippen LogP contribution in [0.25, 0.3) is 0 Å². The number of hydrogen-bond donors (Lipinski definition) is 0. The van der Waals surface area contributed by atoms with Crippen molar-refractivity contribution >= 4 is 23.1 Å². The normalized spacial score (nSPS) is 11.3. The largest absolute Gasteiger partial charge is 2.00 e. The monoisotopic (exact) mass is 180 g/mol. The van der Waals surface area contributed by atoms with Crippen LogP contribution in [0.1, 0.15) is 0 Å². The van der Waals surface area contributed by atoms with E-state index in [0.717, 1.165) is 11.5 Å². The molecule has 0 N–H and O–H groups in total. The fraction of sp³-hybridized carbons (Fsp3) is 0.143. The summed E-state index contributed by atoms with van der Waals surface area (Å²) in [7, 11) is 0. The second-order valence-electron chi connectivity index (χ2n) is 1.78. The molecule has 1 heterocycles. The molecule has 1 aliphatic heterocycles. The zero-order valence-electron chi connectivity index (χ0n) is 5.84. The Kier molecular flexibility index (Phi) is 4.64. The van der Waals surface area contributed by atoms with Crippen molar-refractivity contribution in [1.29, 1.82) is 0 Å². The Hall–Kier alpha value is -0.124. The smallest absolute Gasteiger partial charge is 1.00 e. The Morgan fingerprint density at radius 3 is 2.73 bits per heavy atom. The summed E-state index contributed by atoms with van der Waals surface area (Å²) in [6.07, 6.45) is 0. The average molecular weight is 181 g/mol. The van der Waals surface area contributed by atoms with Crippen molar-refractivity contribution < 1.29 is 21.9 Å². The average Bonchev–Trinajstić information content (AvgIpc) is 2.33. The van der Waals surface area contributed by atoms with Gasteiger partial charge in [-0.25, -0.2) is 0 Å². The summed E-state index contributed by atoms with van der Waals surface area (Å²) in [4.78, 5) is 0. The first-order valence-corrected chi connectivity index (χ1v) is 2.72. The number of halogens is 1. The minimum atomic E-state index is 0. The van der Waals surface area contributed by atoms with Gasteiger partial charge in [-0.05, 0) is 0 Å². The Bertz CT molecular complexity index is 206. The summed E-state index contributed by atoms with van der Waals surface area (Å²) >= 11 is 0. The van der Waals surface area contributed by atoms with Crippen molar-refractivity contribution in [3.8, 4) is 11.5 Å². The molecule has 0 unspecified atom stereocenters. The van der Waals surface area contributed by atoms with Crippen molar-refractivity contribution in [2.45, 2.75) is 0 Å². The summed E-state index contributed by atoms with van der Waals surface area (Å²) in [5, 5.41) is 0. The molecule has 54 valence electrons. The molecule has 0 bridgehead atoms. The van der Waals surface area contributed by atoms with Crippen LogP contribution in [0.2, 0.25) is 0 Å². The van der Waals surface area contributed by atoms with E-state index in [-0.39, 0.29) is 35.5 Å². The van der Waals surface area contributed by atoms with Crippen LogP contribution in [0.15, 0.2) is 18.2 Å². The second kappa shape index (κ2) is 4.69. The number of benzene rings is 1. The molecule has 1 aromatic rings. The summed E-state index contributed by atoms with van der Waals surface area (Å²) in [6, 6.07) is 8.29. The topological polar surface area (TPSA) is 18.5 Å². The Labute approximate surface area is 87.4 Å². The van der Waals surface area contributed by atoms with Crippen molar-refractivity contribution in [2.24, 2.45) is 0 Å². The van der Waals surface area contributed by atoms with Gasteiger partial charge in [-0.2, -0.15) is 12.1 Å². The van der Waals surface area contributed by atoms with E-state index in [1.807, 2.05) is 6.07 Å². The molecule has 0 radical (unpaired) electrons. The number of fused-ring (bicyclic) bond motifs is 1. The van der Waals surface area contributed by atoms with Crippen molar-refractivity contribution in [3.63, 3.8) is 0 Å². The minimum absolute atomic E-state index is 0. The SMILES string of the molecule is [Cl-].[Mg+2].[c-]1ccc2c(c1)OCO2. The van der Waals surface area contributed by atoms with Gasteiger partial charge in [0, 0.05) is 0 Å². The third-order valence-corrected chi connectivity index (χ3v) is 1.22. The van der Waals surface area contributed by atoms with Gasteiger partial charge in [0.05, 0.1) is 11.5 Å². The summed E-state index contributed by atoms with van der Waals surface area (Å²) in [5.74, 6) is 1.60. The van der Waals surface area contributed by atoms with E-state index in [9.17, 15) is 0 Å². The van der Waals surface area contributed by atoms with Crippen LogP contribution < -0.4 is 21.9 Å². The second-order valence-corrected chi connectivity index (χ2v) is 1.78. The van der Waals surface area contributed by atoms with Crippen molar-refractivity contribution in [3.05, 3.63) is 24.3 Å². The van der Waals surface area contributed by atoms with Gasteiger partial charge in [-0.15, -0.1) is 12.1 Å². The van der Waals surface area contributed by atoms with E-state index in [1.165, 1.54) is 0 Å². The van der Waals surface area contributed by atoms with Crippen LogP contribution in [0, 0.1) is 6.07 Å². The predicted molar refractivity (Wildman–Crippen MR) is 37.2 cm³/mol. The third-order valence-electron chi connectivity index (χ3n) is 1.22. The van der Waals surface area contributed by atoms with E-state index in [0.29, 0.717) is 6.79 Å². The van der Waals surface area contributed by atoms with E-state index in [2.05, 4.69) is 6.07 Å². The predicted octanol–water partition coefficient (Wildman–Crippen LogP) is -2.16. The van der Waals surface area contributed by atoms with Gasteiger partial charge in [-0.1, -0.05) is 0 Å². The molecule has 0 aliphatic carbocycles. The number of hydrogen-bond acceptors (Lipinski definition) is 2. The molecule has 2 rings (SSSR count).